The van der Waals surface area contributed by atoms with Gasteiger partial charge in [0, 0.05) is 13.0 Å². The highest BCUT2D eigenvalue weighted by Crippen LogP contribution is 2.46. The molecule has 1 aliphatic heterocycles. The van der Waals surface area contributed by atoms with Crippen molar-refractivity contribution in [1.29, 1.82) is 0 Å². The SMILES string of the molecule is C[C@]1(O)N(CCC(=O)Nc2ccccc2C(F)(F)F)C(=O)OC12CCCCC2. The molecule has 1 atom stereocenters. The number of amides is 2. The summed E-state index contributed by atoms with van der Waals surface area (Å²) < 4.78 is 44.6. The van der Waals surface area contributed by atoms with Crippen molar-refractivity contribution in [1.82, 2.24) is 4.90 Å². The third-order valence-electron chi connectivity index (χ3n) is 5.62. The molecule has 28 heavy (non-hydrogen) atoms. The molecule has 0 bridgehead atoms. The van der Waals surface area contributed by atoms with Gasteiger partial charge in [-0.2, -0.15) is 13.2 Å². The Morgan fingerprint density at radius 3 is 2.54 bits per heavy atom. The summed E-state index contributed by atoms with van der Waals surface area (Å²) in [6, 6.07) is 4.67. The smallest absolute Gasteiger partial charge is 0.418 e. The third kappa shape index (κ3) is 3.67. The molecular formula is C19H23F3N2O4. The maximum absolute atomic E-state index is 13.0. The fourth-order valence-electron chi connectivity index (χ4n) is 4.02. The van der Waals surface area contributed by atoms with E-state index in [1.165, 1.54) is 19.1 Å². The van der Waals surface area contributed by atoms with Gasteiger partial charge in [0.15, 0.2) is 11.3 Å². The summed E-state index contributed by atoms with van der Waals surface area (Å²) in [6.45, 7) is 1.33. The van der Waals surface area contributed by atoms with Crippen molar-refractivity contribution in [3.63, 3.8) is 0 Å². The maximum Gasteiger partial charge on any atom is 0.418 e. The second kappa shape index (κ2) is 7.27. The van der Waals surface area contributed by atoms with Crippen LogP contribution in [-0.4, -0.2) is 39.9 Å². The monoisotopic (exact) mass is 400 g/mol. The highest BCUT2D eigenvalue weighted by Gasteiger charge is 2.61. The normalized spacial score (nSPS) is 24.3. The van der Waals surface area contributed by atoms with Gasteiger partial charge in [0.05, 0.1) is 11.3 Å². The lowest BCUT2D eigenvalue weighted by Crippen LogP contribution is -2.57. The van der Waals surface area contributed by atoms with Gasteiger partial charge in [0.25, 0.3) is 0 Å². The molecule has 0 aromatic heterocycles. The number of halogens is 3. The van der Waals surface area contributed by atoms with Crippen molar-refractivity contribution >= 4 is 17.7 Å². The summed E-state index contributed by atoms with van der Waals surface area (Å²) >= 11 is 0. The molecule has 1 saturated heterocycles. The Bertz CT molecular complexity index is 758. The zero-order valence-electron chi connectivity index (χ0n) is 15.5. The standard InChI is InChI=1S/C19H23F3N2O4/c1-17(27)18(10-5-2-6-11-18)28-16(26)24(17)12-9-15(25)23-14-8-4-3-7-13(14)19(20,21)22/h3-4,7-8,27H,2,5-6,9-12H2,1H3,(H,23,25)/t17-/m1/s1. The van der Waals surface area contributed by atoms with E-state index in [1.54, 1.807) is 0 Å². The highest BCUT2D eigenvalue weighted by molar-refractivity contribution is 5.92. The van der Waals surface area contributed by atoms with Crippen LogP contribution in [0.5, 0.6) is 0 Å². The number of hydrogen-bond acceptors (Lipinski definition) is 4. The van der Waals surface area contributed by atoms with E-state index >= 15 is 0 Å². The predicted octanol–water partition coefficient (Wildman–Crippen LogP) is 3.90. The van der Waals surface area contributed by atoms with Crippen molar-refractivity contribution in [2.45, 2.75) is 63.0 Å². The number of anilines is 1. The number of benzene rings is 1. The number of nitrogens with one attached hydrogen (secondary N) is 1. The molecule has 1 aliphatic carbocycles. The molecule has 154 valence electrons. The van der Waals surface area contributed by atoms with Gasteiger partial charge in [0.2, 0.25) is 5.91 Å². The fraction of sp³-hybridized carbons (Fsp3) is 0.579. The van der Waals surface area contributed by atoms with Crippen molar-refractivity contribution < 1.29 is 32.6 Å². The Morgan fingerprint density at radius 1 is 1.25 bits per heavy atom. The lowest BCUT2D eigenvalue weighted by molar-refractivity contribution is -0.159. The van der Waals surface area contributed by atoms with Crippen LogP contribution >= 0.6 is 0 Å². The van der Waals surface area contributed by atoms with Crippen molar-refractivity contribution in [2.24, 2.45) is 0 Å². The van der Waals surface area contributed by atoms with Crippen LogP contribution in [0.1, 0.15) is 51.0 Å². The van der Waals surface area contributed by atoms with Crippen LogP contribution in [0.15, 0.2) is 24.3 Å². The average molecular weight is 400 g/mol. The number of rotatable bonds is 4. The van der Waals surface area contributed by atoms with Crippen LogP contribution in [0.3, 0.4) is 0 Å². The van der Waals surface area contributed by atoms with E-state index < -0.39 is 35.1 Å². The largest absolute Gasteiger partial charge is 0.438 e. The van der Waals surface area contributed by atoms with Gasteiger partial charge in [-0.25, -0.2) is 4.79 Å². The van der Waals surface area contributed by atoms with E-state index in [-0.39, 0.29) is 18.7 Å². The van der Waals surface area contributed by atoms with Gasteiger partial charge in [-0.1, -0.05) is 18.6 Å². The van der Waals surface area contributed by atoms with Gasteiger partial charge >= 0.3 is 12.3 Å². The fourth-order valence-corrected chi connectivity index (χ4v) is 4.02. The van der Waals surface area contributed by atoms with Gasteiger partial charge < -0.3 is 15.2 Å². The number of alkyl halides is 3. The zero-order chi connectivity index (χ0) is 20.6. The molecule has 0 unspecified atom stereocenters. The lowest BCUT2D eigenvalue weighted by Gasteiger charge is -2.42. The van der Waals surface area contributed by atoms with E-state index in [1.807, 2.05) is 0 Å². The molecule has 1 heterocycles. The Labute approximate surface area is 160 Å². The van der Waals surface area contributed by atoms with E-state index in [0.717, 1.165) is 36.3 Å². The Kier molecular flexibility index (Phi) is 5.31. The van der Waals surface area contributed by atoms with Crippen molar-refractivity contribution in [2.75, 3.05) is 11.9 Å². The summed E-state index contributed by atoms with van der Waals surface area (Å²) in [5, 5.41) is 13.2. The molecule has 3 rings (SSSR count). The number of carbonyl (C=O) groups excluding carboxylic acids is 2. The number of carbonyl (C=O) groups is 2. The summed E-state index contributed by atoms with van der Waals surface area (Å²) in [6.07, 6.45) is -1.86. The van der Waals surface area contributed by atoms with Crippen molar-refractivity contribution in [3.05, 3.63) is 29.8 Å². The van der Waals surface area contributed by atoms with Crippen LogP contribution in [-0.2, 0) is 15.7 Å². The van der Waals surface area contributed by atoms with Crippen LogP contribution in [0.2, 0.25) is 0 Å². The first kappa shape index (κ1) is 20.4. The molecule has 6 nitrogen and oxygen atoms in total. The zero-order valence-corrected chi connectivity index (χ0v) is 15.5. The van der Waals surface area contributed by atoms with Gasteiger partial charge in [-0.3, -0.25) is 9.69 Å². The number of hydrogen-bond donors (Lipinski definition) is 2. The van der Waals surface area contributed by atoms with Crippen LogP contribution in [0, 0.1) is 0 Å². The molecule has 9 heteroatoms. The maximum atomic E-state index is 13.0. The molecule has 1 saturated carbocycles. The quantitative estimate of drug-likeness (QED) is 0.804. The molecular weight excluding hydrogens is 377 g/mol. The van der Waals surface area contributed by atoms with Crippen molar-refractivity contribution in [3.8, 4) is 0 Å². The highest BCUT2D eigenvalue weighted by atomic mass is 19.4. The number of ether oxygens (including phenoxy) is 1. The number of nitrogens with zero attached hydrogens (tertiary/aromatic N) is 1. The minimum Gasteiger partial charge on any atom is -0.438 e. The molecule has 2 amide bonds. The molecule has 1 aromatic rings. The van der Waals surface area contributed by atoms with E-state index in [2.05, 4.69) is 5.32 Å². The topological polar surface area (TPSA) is 78.9 Å². The molecule has 2 N–H and O–H groups in total. The second-order valence-electron chi connectivity index (χ2n) is 7.44. The lowest BCUT2D eigenvalue weighted by atomic mass is 9.77. The number of para-hydroxylation sites is 1. The number of aliphatic hydroxyl groups is 1. The summed E-state index contributed by atoms with van der Waals surface area (Å²) in [5.74, 6) is -0.690. The molecule has 2 fully saturated rings. The first-order valence-corrected chi connectivity index (χ1v) is 9.26. The van der Waals surface area contributed by atoms with Crippen LogP contribution in [0.25, 0.3) is 0 Å². The Balaban J connectivity index is 1.66. The second-order valence-corrected chi connectivity index (χ2v) is 7.44. The van der Waals surface area contributed by atoms with E-state index in [9.17, 15) is 27.9 Å². The van der Waals surface area contributed by atoms with Gasteiger partial charge in [-0.05, 0) is 44.7 Å². The summed E-state index contributed by atoms with van der Waals surface area (Å²) in [7, 11) is 0. The van der Waals surface area contributed by atoms with Crippen LogP contribution in [0.4, 0.5) is 23.7 Å². The molecule has 1 spiro atoms. The van der Waals surface area contributed by atoms with E-state index in [0.29, 0.717) is 12.8 Å². The average Bonchev–Trinajstić information content (AvgIpc) is 2.78. The summed E-state index contributed by atoms with van der Waals surface area (Å²) in [5.41, 5.74) is -3.87. The van der Waals surface area contributed by atoms with Crippen LogP contribution < -0.4 is 5.32 Å². The first-order valence-electron chi connectivity index (χ1n) is 9.26. The Hall–Kier alpha value is -2.29. The van der Waals surface area contributed by atoms with E-state index in [4.69, 9.17) is 4.74 Å². The predicted molar refractivity (Wildman–Crippen MR) is 94.3 cm³/mol. The summed E-state index contributed by atoms with van der Waals surface area (Å²) in [4.78, 5) is 25.6. The Morgan fingerprint density at radius 2 is 1.89 bits per heavy atom. The molecule has 0 radical (unpaired) electrons. The third-order valence-corrected chi connectivity index (χ3v) is 5.62. The first-order chi connectivity index (χ1) is 13.1. The van der Waals surface area contributed by atoms with Gasteiger partial charge in [0.1, 0.15) is 0 Å². The van der Waals surface area contributed by atoms with Gasteiger partial charge in [-0.15, -0.1) is 0 Å². The minimum absolute atomic E-state index is 0.159. The molecule has 2 aliphatic rings. The minimum atomic E-state index is -4.60. The molecule has 1 aromatic carbocycles.